The third-order valence-corrected chi connectivity index (χ3v) is 6.64. The van der Waals surface area contributed by atoms with Gasteiger partial charge in [0, 0.05) is 23.7 Å². The smallest absolute Gasteiger partial charge is 0.410 e. The molecule has 1 fully saturated rings. The molecule has 1 saturated heterocycles. The molecule has 1 aliphatic rings. The molecule has 0 aliphatic carbocycles. The van der Waals surface area contributed by atoms with Crippen LogP contribution in [0, 0.1) is 0 Å². The van der Waals surface area contributed by atoms with E-state index in [9.17, 15) is 9.59 Å². The molecule has 0 saturated carbocycles. The Hall–Kier alpha value is -3.23. The van der Waals surface area contributed by atoms with Crippen molar-refractivity contribution < 1.29 is 19.1 Å². The lowest BCUT2D eigenvalue weighted by Crippen LogP contribution is -2.42. The van der Waals surface area contributed by atoms with Crippen LogP contribution in [0.25, 0.3) is 16.9 Å². The van der Waals surface area contributed by atoms with Crippen molar-refractivity contribution in [3.63, 3.8) is 0 Å². The summed E-state index contributed by atoms with van der Waals surface area (Å²) in [6.07, 6.45) is 1.31. The lowest BCUT2D eigenvalue weighted by molar-refractivity contribution is 0.0234. The Balaban J connectivity index is 1.77. The van der Waals surface area contributed by atoms with Crippen LogP contribution in [0.15, 0.2) is 48.5 Å². The van der Waals surface area contributed by atoms with E-state index in [-0.39, 0.29) is 24.4 Å². The Labute approximate surface area is 232 Å². The Kier molecular flexibility index (Phi) is 8.53. The van der Waals surface area contributed by atoms with Crippen molar-refractivity contribution >= 4 is 41.0 Å². The summed E-state index contributed by atoms with van der Waals surface area (Å²) in [7, 11) is 0. The molecule has 3 aromatic rings. The summed E-state index contributed by atoms with van der Waals surface area (Å²) in [6.45, 7) is 8.48. The highest BCUT2D eigenvalue weighted by Gasteiger charge is 2.33. The molecule has 38 heavy (non-hydrogen) atoms. The molecule has 1 aliphatic heterocycles. The maximum Gasteiger partial charge on any atom is 0.410 e. The van der Waals surface area contributed by atoms with Gasteiger partial charge in [-0.05, 0) is 64.8 Å². The van der Waals surface area contributed by atoms with Crippen LogP contribution in [0.1, 0.15) is 51.0 Å². The van der Waals surface area contributed by atoms with Crippen LogP contribution in [0.4, 0.5) is 10.5 Å². The number of likely N-dealkylation sites (tertiary alicyclic amines) is 1. The lowest BCUT2D eigenvalue weighted by Gasteiger charge is -2.29. The second kappa shape index (κ2) is 11.7. The zero-order valence-electron chi connectivity index (χ0n) is 22.0. The van der Waals surface area contributed by atoms with Gasteiger partial charge in [0.2, 0.25) is 0 Å². The normalized spacial score (nSPS) is 15.4. The van der Waals surface area contributed by atoms with Crippen molar-refractivity contribution in [2.75, 3.05) is 25.0 Å². The molecule has 4 rings (SSSR count). The van der Waals surface area contributed by atoms with Gasteiger partial charge in [0.15, 0.2) is 5.69 Å². The van der Waals surface area contributed by atoms with Crippen molar-refractivity contribution in [2.24, 2.45) is 0 Å². The van der Waals surface area contributed by atoms with Crippen LogP contribution < -0.4 is 5.32 Å². The first kappa shape index (κ1) is 27.8. The molecule has 1 amide bonds. The van der Waals surface area contributed by atoms with Crippen LogP contribution in [0.5, 0.6) is 0 Å². The van der Waals surface area contributed by atoms with E-state index in [1.165, 1.54) is 0 Å². The molecule has 0 spiro atoms. The number of rotatable bonds is 7. The van der Waals surface area contributed by atoms with Gasteiger partial charge in [0.1, 0.15) is 5.60 Å². The fourth-order valence-electron chi connectivity index (χ4n) is 4.43. The van der Waals surface area contributed by atoms with E-state index in [0.29, 0.717) is 40.2 Å². The minimum absolute atomic E-state index is 0.123. The molecule has 0 bridgehead atoms. The SMILES string of the molecule is CCOC(=O)c1nn(-c2ccccc2Cl)c(-c2ccc(Cl)cc2)c1NC[C@@H]1CCCN1C(=O)OC(C)(C)C. The molecule has 10 heteroatoms. The van der Waals surface area contributed by atoms with Crippen molar-refractivity contribution in [1.29, 1.82) is 0 Å². The molecule has 2 aromatic carbocycles. The molecule has 1 aromatic heterocycles. The number of nitrogens with one attached hydrogen (secondary N) is 1. The minimum Gasteiger partial charge on any atom is -0.461 e. The largest absolute Gasteiger partial charge is 0.461 e. The summed E-state index contributed by atoms with van der Waals surface area (Å²) in [6, 6.07) is 14.4. The second-order valence-corrected chi connectivity index (χ2v) is 10.9. The average Bonchev–Trinajstić information content (AvgIpc) is 3.47. The zero-order chi connectivity index (χ0) is 27.4. The predicted octanol–water partition coefficient (Wildman–Crippen LogP) is 6.83. The van der Waals surface area contributed by atoms with E-state index in [0.717, 1.165) is 18.4 Å². The molecule has 0 unspecified atom stereocenters. The average molecular weight is 559 g/mol. The number of ether oxygens (including phenoxy) is 2. The number of hydrogen-bond donors (Lipinski definition) is 1. The number of carbonyl (C=O) groups excluding carboxylic acids is 2. The Morgan fingerprint density at radius 3 is 2.47 bits per heavy atom. The zero-order valence-corrected chi connectivity index (χ0v) is 23.5. The summed E-state index contributed by atoms with van der Waals surface area (Å²) in [5, 5.41) is 9.14. The summed E-state index contributed by atoms with van der Waals surface area (Å²) in [5.41, 5.74) is 2.02. The summed E-state index contributed by atoms with van der Waals surface area (Å²) >= 11 is 12.7. The molecular weight excluding hydrogens is 527 g/mol. The predicted molar refractivity (Wildman–Crippen MR) is 149 cm³/mol. The number of hydrogen-bond acceptors (Lipinski definition) is 6. The highest BCUT2D eigenvalue weighted by Crippen LogP contribution is 2.37. The Bertz CT molecular complexity index is 1300. The number of anilines is 1. The number of nitrogens with zero attached hydrogens (tertiary/aromatic N) is 3. The van der Waals surface area contributed by atoms with E-state index in [2.05, 4.69) is 10.4 Å². The van der Waals surface area contributed by atoms with Gasteiger partial charge >= 0.3 is 12.1 Å². The van der Waals surface area contributed by atoms with Crippen LogP contribution in [-0.2, 0) is 9.47 Å². The van der Waals surface area contributed by atoms with Gasteiger partial charge in [0.25, 0.3) is 0 Å². The molecule has 202 valence electrons. The first-order valence-corrected chi connectivity index (χ1v) is 13.4. The monoisotopic (exact) mass is 558 g/mol. The number of para-hydroxylation sites is 1. The number of carbonyl (C=O) groups is 2. The number of amides is 1. The van der Waals surface area contributed by atoms with Gasteiger partial charge in [-0.15, -0.1) is 0 Å². The fraction of sp³-hybridized carbons (Fsp3) is 0.393. The second-order valence-electron chi connectivity index (χ2n) is 10.0. The quantitative estimate of drug-likeness (QED) is 0.319. The van der Waals surface area contributed by atoms with Gasteiger partial charge in [0.05, 0.1) is 34.7 Å². The molecular formula is C28H32Cl2N4O4. The van der Waals surface area contributed by atoms with Crippen LogP contribution in [0.2, 0.25) is 10.0 Å². The van der Waals surface area contributed by atoms with Gasteiger partial charge in [-0.3, -0.25) is 0 Å². The lowest BCUT2D eigenvalue weighted by atomic mass is 10.1. The molecule has 8 nitrogen and oxygen atoms in total. The topological polar surface area (TPSA) is 85.7 Å². The van der Waals surface area contributed by atoms with E-state index in [1.807, 2.05) is 51.1 Å². The van der Waals surface area contributed by atoms with Gasteiger partial charge in [-0.1, -0.05) is 47.5 Å². The first-order valence-electron chi connectivity index (χ1n) is 12.6. The Morgan fingerprint density at radius 2 is 1.82 bits per heavy atom. The van der Waals surface area contributed by atoms with Gasteiger partial charge in [-0.25, -0.2) is 14.3 Å². The maximum absolute atomic E-state index is 13.1. The summed E-state index contributed by atoms with van der Waals surface area (Å²) in [5.74, 6) is -0.563. The van der Waals surface area contributed by atoms with Crippen LogP contribution >= 0.6 is 23.2 Å². The van der Waals surface area contributed by atoms with Crippen molar-refractivity contribution in [2.45, 2.75) is 52.2 Å². The summed E-state index contributed by atoms with van der Waals surface area (Å²) < 4.78 is 12.6. The van der Waals surface area contributed by atoms with Crippen molar-refractivity contribution in [3.05, 3.63) is 64.3 Å². The molecule has 1 N–H and O–H groups in total. The van der Waals surface area contributed by atoms with Crippen LogP contribution in [-0.4, -0.2) is 58.1 Å². The van der Waals surface area contributed by atoms with E-state index >= 15 is 0 Å². The van der Waals surface area contributed by atoms with Crippen molar-refractivity contribution in [3.8, 4) is 16.9 Å². The molecule has 2 heterocycles. The number of benzene rings is 2. The van der Waals surface area contributed by atoms with Gasteiger partial charge < -0.3 is 19.7 Å². The number of esters is 1. The van der Waals surface area contributed by atoms with Crippen molar-refractivity contribution in [1.82, 2.24) is 14.7 Å². The van der Waals surface area contributed by atoms with E-state index in [1.54, 1.807) is 34.7 Å². The van der Waals surface area contributed by atoms with Gasteiger partial charge in [-0.2, -0.15) is 5.10 Å². The standard InChI is InChI=1S/C28H32Cl2N4O4/c1-5-37-26(35)24-23(31-17-20-9-8-16-33(20)27(36)38-28(2,3)4)25(18-12-14-19(29)15-13-18)34(32-24)22-11-7-6-10-21(22)30/h6-7,10-15,20,31H,5,8-9,16-17H2,1-4H3/t20-/m0/s1. The highest BCUT2D eigenvalue weighted by molar-refractivity contribution is 6.32. The van der Waals surface area contributed by atoms with Crippen LogP contribution in [0.3, 0.4) is 0 Å². The molecule has 0 radical (unpaired) electrons. The third-order valence-electron chi connectivity index (χ3n) is 6.07. The first-order chi connectivity index (χ1) is 18.1. The molecule has 1 atom stereocenters. The fourth-order valence-corrected chi connectivity index (χ4v) is 4.77. The maximum atomic E-state index is 13.1. The Morgan fingerprint density at radius 1 is 1.11 bits per heavy atom. The van der Waals surface area contributed by atoms with E-state index in [4.69, 9.17) is 32.7 Å². The summed E-state index contributed by atoms with van der Waals surface area (Å²) in [4.78, 5) is 27.7. The number of aromatic nitrogens is 2. The number of halogens is 2. The minimum atomic E-state index is -0.591. The van der Waals surface area contributed by atoms with E-state index < -0.39 is 11.6 Å². The third kappa shape index (κ3) is 6.25. The highest BCUT2D eigenvalue weighted by atomic mass is 35.5.